The molecular weight excluding hydrogens is 459 g/mol. The first-order valence-electron chi connectivity index (χ1n) is 11.9. The monoisotopic (exact) mass is 491 g/mol. The van der Waals surface area contributed by atoms with Gasteiger partial charge >= 0.3 is 12.1 Å². The van der Waals surface area contributed by atoms with Crippen LogP contribution in [-0.2, 0) is 28.8 Å². The first-order valence-corrected chi connectivity index (χ1v) is 11.9. The Morgan fingerprint density at radius 1 is 0.971 bits per heavy atom. The van der Waals surface area contributed by atoms with Crippen molar-refractivity contribution < 1.29 is 32.6 Å². The number of rotatable bonds is 9. The molecule has 1 amide bonds. The number of carboxylic acids is 1. The zero-order chi connectivity index (χ0) is 25.6. The van der Waals surface area contributed by atoms with E-state index in [2.05, 4.69) is 19.2 Å². The summed E-state index contributed by atoms with van der Waals surface area (Å²) >= 11 is 0. The number of amides is 1. The second kappa shape index (κ2) is 11.6. The summed E-state index contributed by atoms with van der Waals surface area (Å²) in [5, 5.41) is 12.3. The van der Waals surface area contributed by atoms with Gasteiger partial charge in [-0.2, -0.15) is 13.2 Å². The number of carbonyl (C=O) groups is 2. The highest BCUT2D eigenvalue weighted by Crippen LogP contribution is 2.33. The molecule has 0 spiro atoms. The van der Waals surface area contributed by atoms with E-state index in [0.29, 0.717) is 23.1 Å². The second-order valence-corrected chi connectivity index (χ2v) is 9.59. The van der Waals surface area contributed by atoms with Gasteiger partial charge in [0.2, 0.25) is 5.91 Å². The summed E-state index contributed by atoms with van der Waals surface area (Å²) in [6, 6.07) is 10.5. The Bertz CT molecular complexity index is 979. The summed E-state index contributed by atoms with van der Waals surface area (Å²) in [6.07, 6.45) is -0.696. The third kappa shape index (κ3) is 7.73. The van der Waals surface area contributed by atoms with Crippen molar-refractivity contribution in [1.82, 2.24) is 5.32 Å². The van der Waals surface area contributed by atoms with E-state index in [1.807, 2.05) is 0 Å². The van der Waals surface area contributed by atoms with E-state index in [1.54, 1.807) is 24.3 Å². The number of carboxylic acid groups (broad SMARTS) is 1. The molecule has 35 heavy (non-hydrogen) atoms. The Kier molecular flexibility index (Phi) is 8.81. The third-order valence-corrected chi connectivity index (χ3v) is 6.75. The van der Waals surface area contributed by atoms with Gasteiger partial charge in [-0.15, -0.1) is 0 Å². The molecule has 1 aliphatic rings. The lowest BCUT2D eigenvalue weighted by Gasteiger charge is -2.30. The molecule has 5 nitrogen and oxygen atoms in total. The number of halogens is 3. The highest BCUT2D eigenvalue weighted by atomic mass is 19.4. The normalized spacial score (nSPS) is 19.3. The molecular formula is C27H32F3NO4. The van der Waals surface area contributed by atoms with Crippen LogP contribution in [0.15, 0.2) is 48.5 Å². The van der Waals surface area contributed by atoms with E-state index < -0.39 is 23.8 Å². The van der Waals surface area contributed by atoms with Crippen LogP contribution in [-0.4, -0.2) is 23.0 Å². The standard InChI is InChI=1S/C27H32F3NO4/c1-17(2)20-7-9-21(10-8-20)25(32)31-24(26(33)34)15-18-5-13-23(14-6-18)35-16-19-3-11-22(12-4-19)27(28,29)30/h3-6,11-14,17,20-21,24H,7-10,15-16H2,1-2H3,(H,31,32)(H,33,34)/t20-,21-,24-/m0/s1. The summed E-state index contributed by atoms with van der Waals surface area (Å²) in [5.41, 5.74) is 0.607. The molecule has 2 aromatic carbocycles. The molecule has 1 aliphatic carbocycles. The fourth-order valence-electron chi connectivity index (χ4n) is 4.45. The molecule has 190 valence electrons. The van der Waals surface area contributed by atoms with Gasteiger partial charge in [-0.05, 0) is 72.9 Å². The smallest absolute Gasteiger partial charge is 0.416 e. The molecule has 0 radical (unpaired) electrons. The lowest BCUT2D eigenvalue weighted by atomic mass is 9.76. The first-order chi connectivity index (χ1) is 16.5. The van der Waals surface area contributed by atoms with E-state index in [1.165, 1.54) is 12.1 Å². The van der Waals surface area contributed by atoms with Crippen molar-refractivity contribution in [2.45, 2.75) is 64.8 Å². The Hall–Kier alpha value is -3.03. The Morgan fingerprint density at radius 3 is 2.06 bits per heavy atom. The highest BCUT2D eigenvalue weighted by Gasteiger charge is 2.31. The zero-order valence-electron chi connectivity index (χ0n) is 20.0. The zero-order valence-corrected chi connectivity index (χ0v) is 20.0. The lowest BCUT2D eigenvalue weighted by molar-refractivity contribution is -0.142. The third-order valence-electron chi connectivity index (χ3n) is 6.75. The number of carbonyl (C=O) groups excluding carboxylic acids is 1. The highest BCUT2D eigenvalue weighted by molar-refractivity contribution is 5.85. The largest absolute Gasteiger partial charge is 0.489 e. The van der Waals surface area contributed by atoms with E-state index in [0.717, 1.165) is 43.4 Å². The molecule has 0 heterocycles. The summed E-state index contributed by atoms with van der Waals surface area (Å²) in [4.78, 5) is 24.4. The lowest BCUT2D eigenvalue weighted by Crippen LogP contribution is -2.45. The van der Waals surface area contributed by atoms with E-state index in [9.17, 15) is 27.9 Å². The van der Waals surface area contributed by atoms with Crippen molar-refractivity contribution in [1.29, 1.82) is 0 Å². The minimum absolute atomic E-state index is 0.102. The molecule has 2 aromatic rings. The van der Waals surface area contributed by atoms with Gasteiger partial charge in [0, 0.05) is 12.3 Å². The van der Waals surface area contributed by atoms with Gasteiger partial charge in [0.25, 0.3) is 0 Å². The first kappa shape index (κ1) is 26.6. The maximum atomic E-state index is 12.7. The number of ether oxygens (including phenoxy) is 1. The van der Waals surface area contributed by atoms with Gasteiger partial charge in [0.1, 0.15) is 18.4 Å². The van der Waals surface area contributed by atoms with Crippen LogP contribution in [0, 0.1) is 17.8 Å². The molecule has 0 unspecified atom stereocenters. The van der Waals surface area contributed by atoms with Crippen LogP contribution in [0.1, 0.15) is 56.2 Å². The van der Waals surface area contributed by atoms with Gasteiger partial charge in [-0.1, -0.05) is 38.1 Å². The number of aliphatic carboxylic acids is 1. The number of nitrogens with one attached hydrogen (secondary N) is 1. The van der Waals surface area contributed by atoms with Crippen molar-refractivity contribution in [3.63, 3.8) is 0 Å². The fraction of sp³-hybridized carbons (Fsp3) is 0.481. The molecule has 0 bridgehead atoms. The topological polar surface area (TPSA) is 75.6 Å². The van der Waals surface area contributed by atoms with Crippen LogP contribution in [0.2, 0.25) is 0 Å². The average Bonchev–Trinajstić information content (AvgIpc) is 2.82. The SMILES string of the molecule is CC(C)[C@H]1CC[C@H](C(=O)N[C@@H](Cc2ccc(OCc3ccc(C(F)(F)F)cc3)cc2)C(=O)O)CC1. The Balaban J connectivity index is 1.51. The van der Waals surface area contributed by atoms with Crippen LogP contribution in [0.4, 0.5) is 13.2 Å². The average molecular weight is 492 g/mol. The van der Waals surface area contributed by atoms with Crippen molar-refractivity contribution in [3.05, 3.63) is 65.2 Å². The molecule has 0 aliphatic heterocycles. The Labute approximate surface area is 203 Å². The maximum absolute atomic E-state index is 12.7. The number of benzene rings is 2. The van der Waals surface area contributed by atoms with Crippen LogP contribution < -0.4 is 10.1 Å². The number of alkyl halides is 3. The van der Waals surface area contributed by atoms with Gasteiger partial charge in [0.05, 0.1) is 5.56 Å². The molecule has 1 fully saturated rings. The van der Waals surface area contributed by atoms with E-state index in [4.69, 9.17) is 4.74 Å². The number of hydrogen-bond acceptors (Lipinski definition) is 3. The molecule has 2 N–H and O–H groups in total. The molecule has 8 heteroatoms. The predicted molar refractivity (Wildman–Crippen MR) is 126 cm³/mol. The molecule has 0 aromatic heterocycles. The van der Waals surface area contributed by atoms with Crippen molar-refractivity contribution in [2.75, 3.05) is 0 Å². The molecule has 3 rings (SSSR count). The van der Waals surface area contributed by atoms with Crippen LogP contribution in [0.5, 0.6) is 5.75 Å². The number of hydrogen-bond donors (Lipinski definition) is 2. The summed E-state index contributed by atoms with van der Waals surface area (Å²) in [6.45, 7) is 4.48. The quantitative estimate of drug-likeness (QED) is 0.461. The minimum atomic E-state index is -4.38. The van der Waals surface area contributed by atoms with Crippen LogP contribution in [0.25, 0.3) is 0 Å². The molecule has 1 atom stereocenters. The van der Waals surface area contributed by atoms with Crippen LogP contribution in [0.3, 0.4) is 0 Å². The van der Waals surface area contributed by atoms with Gasteiger partial charge in [-0.25, -0.2) is 4.79 Å². The van der Waals surface area contributed by atoms with Crippen molar-refractivity contribution in [3.8, 4) is 5.75 Å². The van der Waals surface area contributed by atoms with Crippen molar-refractivity contribution in [2.24, 2.45) is 17.8 Å². The van der Waals surface area contributed by atoms with Gasteiger partial charge in [-0.3, -0.25) is 4.79 Å². The summed E-state index contributed by atoms with van der Waals surface area (Å²) in [5.74, 6) is 0.286. The fourth-order valence-corrected chi connectivity index (χ4v) is 4.45. The second-order valence-electron chi connectivity index (χ2n) is 9.59. The van der Waals surface area contributed by atoms with Gasteiger partial charge in [0.15, 0.2) is 0 Å². The molecule has 1 saturated carbocycles. The Morgan fingerprint density at radius 2 is 1.54 bits per heavy atom. The van der Waals surface area contributed by atoms with E-state index in [-0.39, 0.29) is 24.9 Å². The van der Waals surface area contributed by atoms with Crippen molar-refractivity contribution >= 4 is 11.9 Å². The van der Waals surface area contributed by atoms with Gasteiger partial charge < -0.3 is 15.2 Å². The summed E-state index contributed by atoms with van der Waals surface area (Å²) in [7, 11) is 0. The molecule has 0 saturated heterocycles. The predicted octanol–water partition coefficient (Wildman–Crippen LogP) is 5.86. The maximum Gasteiger partial charge on any atom is 0.416 e. The minimum Gasteiger partial charge on any atom is -0.489 e. The van der Waals surface area contributed by atoms with E-state index >= 15 is 0 Å². The van der Waals surface area contributed by atoms with Crippen LogP contribution >= 0.6 is 0 Å². The summed E-state index contributed by atoms with van der Waals surface area (Å²) < 4.78 is 43.6.